The van der Waals surface area contributed by atoms with Crippen molar-refractivity contribution in [3.05, 3.63) is 0 Å². The van der Waals surface area contributed by atoms with Crippen molar-refractivity contribution < 1.29 is 9.59 Å². The van der Waals surface area contributed by atoms with E-state index in [1.54, 1.807) is 16.7 Å². The van der Waals surface area contributed by atoms with Gasteiger partial charge in [-0.05, 0) is 12.8 Å². The largest absolute Gasteiger partial charge is 0.339 e. The van der Waals surface area contributed by atoms with Gasteiger partial charge in [0.15, 0.2) is 0 Å². The lowest BCUT2D eigenvalue weighted by molar-refractivity contribution is -0.144. The van der Waals surface area contributed by atoms with Gasteiger partial charge >= 0.3 is 0 Å². The number of nitriles is 1. The van der Waals surface area contributed by atoms with E-state index < -0.39 is 5.41 Å². The number of nitrogens with zero attached hydrogens (tertiary/aromatic N) is 3. The van der Waals surface area contributed by atoms with Gasteiger partial charge in [-0.25, -0.2) is 0 Å². The van der Waals surface area contributed by atoms with E-state index in [9.17, 15) is 14.9 Å². The Labute approximate surface area is 120 Å². The highest BCUT2D eigenvalue weighted by Gasteiger charge is 2.42. The minimum absolute atomic E-state index is 0.00916. The monoisotopic (exact) mass is 277 g/mol. The van der Waals surface area contributed by atoms with Crippen LogP contribution >= 0.6 is 0 Å². The van der Waals surface area contributed by atoms with Gasteiger partial charge in [-0.1, -0.05) is 25.7 Å². The number of hydrogen-bond acceptors (Lipinski definition) is 3. The zero-order valence-electron chi connectivity index (χ0n) is 12.2. The Bertz CT molecular complexity index is 411. The Kier molecular flexibility index (Phi) is 4.64. The molecule has 1 saturated carbocycles. The topological polar surface area (TPSA) is 64.4 Å². The molecule has 0 aromatic rings. The first kappa shape index (κ1) is 14.8. The Morgan fingerprint density at radius 3 is 1.90 bits per heavy atom. The van der Waals surface area contributed by atoms with Crippen molar-refractivity contribution in [3.8, 4) is 6.07 Å². The van der Waals surface area contributed by atoms with Crippen molar-refractivity contribution in [1.29, 1.82) is 5.26 Å². The molecule has 1 heterocycles. The summed E-state index contributed by atoms with van der Waals surface area (Å²) in [6.45, 7) is 3.84. The molecule has 5 heteroatoms. The smallest absolute Gasteiger partial charge is 0.243 e. The summed E-state index contributed by atoms with van der Waals surface area (Å²) < 4.78 is 0. The minimum atomic E-state index is -0.811. The number of hydrogen-bond donors (Lipinski definition) is 0. The summed E-state index contributed by atoms with van der Waals surface area (Å²) in [6.07, 6.45) is 5.55. The van der Waals surface area contributed by atoms with Crippen molar-refractivity contribution in [2.75, 3.05) is 26.2 Å². The van der Waals surface area contributed by atoms with E-state index in [4.69, 9.17) is 0 Å². The van der Waals surface area contributed by atoms with Gasteiger partial charge in [-0.2, -0.15) is 5.26 Å². The van der Waals surface area contributed by atoms with Crippen molar-refractivity contribution in [1.82, 2.24) is 9.80 Å². The molecule has 2 fully saturated rings. The normalized spacial score (nSPS) is 22.8. The van der Waals surface area contributed by atoms with Crippen LogP contribution in [0.3, 0.4) is 0 Å². The van der Waals surface area contributed by atoms with Crippen LogP contribution in [0.25, 0.3) is 0 Å². The van der Waals surface area contributed by atoms with Gasteiger partial charge in [0, 0.05) is 33.1 Å². The highest BCUT2D eigenvalue weighted by molar-refractivity contribution is 5.86. The molecule has 0 spiro atoms. The third-order valence-corrected chi connectivity index (χ3v) is 4.59. The van der Waals surface area contributed by atoms with E-state index in [0.717, 1.165) is 25.7 Å². The van der Waals surface area contributed by atoms with E-state index in [-0.39, 0.29) is 11.8 Å². The van der Waals surface area contributed by atoms with Crippen LogP contribution in [0.1, 0.15) is 45.4 Å². The first-order valence-electron chi connectivity index (χ1n) is 7.55. The maximum Gasteiger partial charge on any atom is 0.243 e. The molecule has 0 radical (unpaired) electrons. The van der Waals surface area contributed by atoms with Crippen molar-refractivity contribution >= 4 is 11.8 Å². The lowest BCUT2D eigenvalue weighted by Crippen LogP contribution is -2.53. The average Bonchev–Trinajstić information content (AvgIpc) is 2.73. The van der Waals surface area contributed by atoms with E-state index in [0.29, 0.717) is 39.0 Å². The molecular formula is C15H23N3O2. The molecule has 1 aliphatic carbocycles. The van der Waals surface area contributed by atoms with E-state index in [1.807, 2.05) is 0 Å². The summed E-state index contributed by atoms with van der Waals surface area (Å²) in [7, 11) is 0. The molecule has 2 aliphatic rings. The average molecular weight is 277 g/mol. The first-order valence-corrected chi connectivity index (χ1v) is 7.55. The predicted molar refractivity (Wildman–Crippen MR) is 74.6 cm³/mol. The summed E-state index contributed by atoms with van der Waals surface area (Å²) in [5.41, 5.74) is -0.811. The Balaban J connectivity index is 2.03. The second-order valence-corrected chi connectivity index (χ2v) is 5.91. The maximum absolute atomic E-state index is 12.7. The molecule has 1 saturated heterocycles. The van der Waals surface area contributed by atoms with E-state index >= 15 is 0 Å². The first-order chi connectivity index (χ1) is 9.59. The molecule has 0 atom stereocenters. The molecule has 0 aromatic carbocycles. The van der Waals surface area contributed by atoms with Gasteiger partial charge in [-0.15, -0.1) is 0 Å². The van der Waals surface area contributed by atoms with Crippen molar-refractivity contribution in [3.63, 3.8) is 0 Å². The van der Waals surface area contributed by atoms with Gasteiger partial charge < -0.3 is 9.80 Å². The third-order valence-electron chi connectivity index (χ3n) is 4.59. The molecule has 0 N–H and O–H groups in total. The van der Waals surface area contributed by atoms with Crippen LogP contribution in [0.15, 0.2) is 0 Å². The molecule has 1 aliphatic heterocycles. The van der Waals surface area contributed by atoms with E-state index in [1.165, 1.54) is 0 Å². The van der Waals surface area contributed by atoms with Gasteiger partial charge in [-0.3, -0.25) is 9.59 Å². The molecule has 2 rings (SSSR count). The summed E-state index contributed by atoms with van der Waals surface area (Å²) in [6, 6.07) is 2.32. The standard InChI is InChI=1S/C15H23N3O2/c1-13(19)17-8-10-18(11-9-17)14(20)15(12-16)6-4-2-3-5-7-15/h2-11H2,1H3. The number of piperazine rings is 1. The Hall–Kier alpha value is -1.57. The molecule has 0 aromatic heterocycles. The molecule has 0 bridgehead atoms. The van der Waals surface area contributed by atoms with Gasteiger partial charge in [0.25, 0.3) is 0 Å². The highest BCUT2D eigenvalue weighted by atomic mass is 16.2. The number of rotatable bonds is 1. The SMILES string of the molecule is CC(=O)N1CCN(C(=O)C2(C#N)CCCCCC2)CC1. The van der Waals surface area contributed by atoms with Crippen molar-refractivity contribution in [2.45, 2.75) is 45.4 Å². The fourth-order valence-electron chi connectivity index (χ4n) is 3.23. The van der Waals surface area contributed by atoms with Crippen LogP contribution in [0, 0.1) is 16.7 Å². The quantitative estimate of drug-likeness (QED) is 0.683. The van der Waals surface area contributed by atoms with Crippen LogP contribution in [-0.2, 0) is 9.59 Å². The second-order valence-electron chi connectivity index (χ2n) is 5.91. The molecule has 0 unspecified atom stereocenters. The molecule has 110 valence electrons. The number of carbonyl (C=O) groups is 2. The predicted octanol–water partition coefficient (Wildman–Crippen LogP) is 1.54. The zero-order valence-corrected chi connectivity index (χ0v) is 12.2. The summed E-state index contributed by atoms with van der Waals surface area (Å²) in [5, 5.41) is 9.55. The second kappa shape index (κ2) is 6.25. The van der Waals surface area contributed by atoms with Crippen molar-refractivity contribution in [2.24, 2.45) is 5.41 Å². The maximum atomic E-state index is 12.7. The Morgan fingerprint density at radius 1 is 0.950 bits per heavy atom. The van der Waals surface area contributed by atoms with Crippen LogP contribution < -0.4 is 0 Å². The van der Waals surface area contributed by atoms with Crippen LogP contribution in [-0.4, -0.2) is 47.8 Å². The minimum Gasteiger partial charge on any atom is -0.339 e. The van der Waals surface area contributed by atoms with E-state index in [2.05, 4.69) is 6.07 Å². The fraction of sp³-hybridized carbons (Fsp3) is 0.800. The molecule has 5 nitrogen and oxygen atoms in total. The van der Waals surface area contributed by atoms with Gasteiger partial charge in [0.2, 0.25) is 11.8 Å². The van der Waals surface area contributed by atoms with Crippen LogP contribution in [0.2, 0.25) is 0 Å². The number of carbonyl (C=O) groups excluding carboxylic acids is 2. The van der Waals surface area contributed by atoms with Crippen LogP contribution in [0.4, 0.5) is 0 Å². The lowest BCUT2D eigenvalue weighted by atomic mass is 9.80. The van der Waals surface area contributed by atoms with Gasteiger partial charge in [0.1, 0.15) is 5.41 Å². The summed E-state index contributed by atoms with van der Waals surface area (Å²) in [5.74, 6) is 0.0478. The fourth-order valence-corrected chi connectivity index (χ4v) is 3.23. The zero-order chi connectivity index (χ0) is 14.6. The summed E-state index contributed by atoms with van der Waals surface area (Å²) >= 11 is 0. The van der Waals surface area contributed by atoms with Crippen LogP contribution in [0.5, 0.6) is 0 Å². The highest BCUT2D eigenvalue weighted by Crippen LogP contribution is 2.36. The third kappa shape index (κ3) is 2.95. The molecule has 2 amide bonds. The lowest BCUT2D eigenvalue weighted by Gasteiger charge is -2.38. The molecular weight excluding hydrogens is 254 g/mol. The number of amides is 2. The van der Waals surface area contributed by atoms with Gasteiger partial charge in [0.05, 0.1) is 6.07 Å². The Morgan fingerprint density at radius 2 is 1.45 bits per heavy atom. The molecule has 20 heavy (non-hydrogen) atoms. The summed E-state index contributed by atoms with van der Waals surface area (Å²) in [4.78, 5) is 27.6.